The minimum absolute atomic E-state index is 0.618. The van der Waals surface area contributed by atoms with Crippen LogP contribution in [0.1, 0.15) is 19.4 Å². The number of rotatable bonds is 2. The third kappa shape index (κ3) is 3.37. The lowest BCUT2D eigenvalue weighted by molar-refractivity contribution is 0.111. The fourth-order valence-corrected chi connectivity index (χ4v) is 3.93. The molecular formula is C24H26N2O3. The molecular weight excluding hydrogens is 364 g/mol. The lowest BCUT2D eigenvalue weighted by Crippen LogP contribution is -2.31. The first-order chi connectivity index (χ1) is 13.9. The Labute approximate surface area is 171 Å². The van der Waals surface area contributed by atoms with Gasteiger partial charge in [0.25, 0.3) is 0 Å². The van der Waals surface area contributed by atoms with Crippen LogP contribution in [-0.2, 0) is 5.60 Å². The van der Waals surface area contributed by atoms with Crippen molar-refractivity contribution in [3.63, 3.8) is 0 Å². The van der Waals surface area contributed by atoms with Crippen molar-refractivity contribution in [2.75, 3.05) is 32.7 Å². The van der Waals surface area contributed by atoms with E-state index in [0.717, 1.165) is 11.3 Å². The van der Waals surface area contributed by atoms with Crippen molar-refractivity contribution < 1.29 is 14.2 Å². The number of methoxy groups -OCH3 is 2. The number of fused-ring (bicyclic) bond motifs is 4. The Morgan fingerprint density at radius 1 is 1.03 bits per heavy atom. The molecule has 4 rings (SSSR count). The summed E-state index contributed by atoms with van der Waals surface area (Å²) >= 11 is 0. The van der Waals surface area contributed by atoms with Gasteiger partial charge in [0.05, 0.1) is 20.8 Å². The van der Waals surface area contributed by atoms with Crippen LogP contribution in [-0.4, -0.2) is 34.0 Å². The number of benzene rings is 3. The normalized spacial score (nSPS) is 16.4. The van der Waals surface area contributed by atoms with Gasteiger partial charge in [0, 0.05) is 36.6 Å². The lowest BCUT2D eigenvalue weighted by Gasteiger charge is -2.34. The molecule has 0 atom stereocenters. The fourth-order valence-electron chi connectivity index (χ4n) is 3.93. The molecule has 0 saturated heterocycles. The summed E-state index contributed by atoms with van der Waals surface area (Å²) in [5.74, 6) is 1.91. The summed E-state index contributed by atoms with van der Waals surface area (Å²) < 4.78 is 17.7. The van der Waals surface area contributed by atoms with Crippen LogP contribution in [0.2, 0.25) is 0 Å². The monoisotopic (exact) mass is 390 g/mol. The summed E-state index contributed by atoms with van der Waals surface area (Å²) in [6.45, 7) is 4.84. The first-order valence-electron chi connectivity index (χ1n) is 9.65. The molecule has 0 fully saturated rings. The molecule has 0 radical (unpaired) electrons. The van der Waals surface area contributed by atoms with E-state index >= 15 is 0 Å². The zero-order chi connectivity index (χ0) is 20.6. The Morgan fingerprint density at radius 3 is 2.59 bits per heavy atom. The van der Waals surface area contributed by atoms with Crippen molar-refractivity contribution in [1.82, 2.24) is 0 Å². The van der Waals surface area contributed by atoms with Crippen molar-refractivity contribution in [3.8, 4) is 17.2 Å². The summed E-state index contributed by atoms with van der Waals surface area (Å²) in [5.41, 5.74) is 2.31. The van der Waals surface area contributed by atoms with Crippen molar-refractivity contribution in [3.05, 3.63) is 54.1 Å². The molecule has 3 aromatic carbocycles. The molecule has 0 aromatic heterocycles. The van der Waals surface area contributed by atoms with Crippen LogP contribution in [0, 0.1) is 0 Å². The number of hydrogen-bond acceptors (Lipinski definition) is 5. The summed E-state index contributed by atoms with van der Waals surface area (Å²) in [7, 11) is 5.33. The number of anilines is 1. The van der Waals surface area contributed by atoms with Gasteiger partial charge in [0.1, 0.15) is 17.0 Å². The molecule has 1 aliphatic rings. The topological polar surface area (TPSA) is 43.3 Å². The third-order valence-electron chi connectivity index (χ3n) is 5.33. The molecule has 0 bridgehead atoms. The SMILES string of the molecule is COc1cc(OC)c2c(c1)OC(C)(C)c1c(ccc3ccccc13)N(C)C/C=N\2. The van der Waals surface area contributed by atoms with E-state index in [1.807, 2.05) is 18.3 Å². The molecule has 1 heterocycles. The van der Waals surface area contributed by atoms with Gasteiger partial charge in [-0.3, -0.25) is 4.99 Å². The van der Waals surface area contributed by atoms with Gasteiger partial charge >= 0.3 is 0 Å². The molecule has 29 heavy (non-hydrogen) atoms. The summed E-state index contributed by atoms with van der Waals surface area (Å²) in [6.07, 6.45) is 1.88. The van der Waals surface area contributed by atoms with Crippen molar-refractivity contribution in [2.24, 2.45) is 4.99 Å². The number of nitrogens with zero attached hydrogens (tertiary/aromatic N) is 2. The molecule has 0 spiro atoms. The van der Waals surface area contributed by atoms with Crippen LogP contribution < -0.4 is 19.1 Å². The van der Waals surface area contributed by atoms with Crippen molar-refractivity contribution in [2.45, 2.75) is 19.4 Å². The van der Waals surface area contributed by atoms with Crippen LogP contribution in [0.5, 0.6) is 17.2 Å². The van der Waals surface area contributed by atoms with Gasteiger partial charge in [0.15, 0.2) is 11.5 Å². The quantitative estimate of drug-likeness (QED) is 0.594. The Bertz CT molecular complexity index is 1090. The van der Waals surface area contributed by atoms with E-state index in [0.29, 0.717) is 29.5 Å². The maximum atomic E-state index is 6.63. The summed E-state index contributed by atoms with van der Waals surface area (Å²) in [5, 5.41) is 2.36. The first-order valence-corrected chi connectivity index (χ1v) is 9.65. The molecule has 5 nitrogen and oxygen atoms in total. The van der Waals surface area contributed by atoms with E-state index in [1.165, 1.54) is 10.8 Å². The molecule has 5 heteroatoms. The Balaban J connectivity index is 1.99. The van der Waals surface area contributed by atoms with Crippen LogP contribution in [0.15, 0.2) is 53.5 Å². The molecule has 0 aliphatic carbocycles. The highest BCUT2D eigenvalue weighted by molar-refractivity contribution is 5.92. The molecule has 0 N–H and O–H groups in total. The van der Waals surface area contributed by atoms with E-state index in [-0.39, 0.29) is 0 Å². The van der Waals surface area contributed by atoms with Crippen molar-refractivity contribution >= 4 is 28.4 Å². The number of ether oxygens (including phenoxy) is 3. The molecule has 150 valence electrons. The molecule has 3 aromatic rings. The number of hydrogen-bond donors (Lipinski definition) is 0. The standard InChI is InChI=1S/C24H26N2O3/c1-24(2)22-18-9-7-6-8-16(18)10-11-19(22)26(3)13-12-25-23-20(28-5)14-17(27-4)15-21(23)29-24/h6-12,14-15H,13H2,1-5H3/b25-12-. The van der Waals surface area contributed by atoms with Gasteiger partial charge in [-0.2, -0.15) is 0 Å². The Morgan fingerprint density at radius 2 is 1.83 bits per heavy atom. The van der Waals surface area contributed by atoms with Gasteiger partial charge in [-0.15, -0.1) is 0 Å². The van der Waals surface area contributed by atoms with E-state index < -0.39 is 5.60 Å². The van der Waals surface area contributed by atoms with Gasteiger partial charge in [-0.05, 0) is 30.7 Å². The van der Waals surface area contributed by atoms with Gasteiger partial charge in [0.2, 0.25) is 0 Å². The highest BCUT2D eigenvalue weighted by atomic mass is 16.5. The smallest absolute Gasteiger partial charge is 0.153 e. The van der Waals surface area contributed by atoms with Crippen LogP contribution >= 0.6 is 0 Å². The average molecular weight is 390 g/mol. The van der Waals surface area contributed by atoms with E-state index in [4.69, 9.17) is 14.2 Å². The fraction of sp³-hybridized carbons (Fsp3) is 0.292. The maximum absolute atomic E-state index is 6.63. The summed E-state index contributed by atoms with van der Waals surface area (Å²) in [4.78, 5) is 6.87. The lowest BCUT2D eigenvalue weighted by atomic mass is 9.89. The minimum Gasteiger partial charge on any atom is -0.496 e. The van der Waals surface area contributed by atoms with Crippen LogP contribution in [0.25, 0.3) is 10.8 Å². The van der Waals surface area contributed by atoms with E-state index in [2.05, 4.69) is 67.2 Å². The van der Waals surface area contributed by atoms with E-state index in [9.17, 15) is 0 Å². The molecule has 0 unspecified atom stereocenters. The second-order valence-corrected chi connectivity index (χ2v) is 7.66. The minimum atomic E-state index is -0.622. The first kappa shape index (κ1) is 19.1. The number of aliphatic imine (C=N–C) groups is 1. The zero-order valence-corrected chi connectivity index (χ0v) is 17.5. The molecule has 1 aliphatic heterocycles. The predicted octanol–water partition coefficient (Wildman–Crippen LogP) is 5.32. The Hall–Kier alpha value is -3.21. The highest BCUT2D eigenvalue weighted by Gasteiger charge is 2.31. The van der Waals surface area contributed by atoms with E-state index in [1.54, 1.807) is 14.2 Å². The van der Waals surface area contributed by atoms with Crippen molar-refractivity contribution in [1.29, 1.82) is 0 Å². The Kier molecular flexibility index (Phi) is 4.82. The van der Waals surface area contributed by atoms with Crippen LogP contribution in [0.3, 0.4) is 0 Å². The predicted molar refractivity (Wildman–Crippen MR) is 119 cm³/mol. The molecule has 0 amide bonds. The zero-order valence-electron chi connectivity index (χ0n) is 17.5. The summed E-state index contributed by atoms with van der Waals surface area (Å²) in [6, 6.07) is 16.4. The largest absolute Gasteiger partial charge is 0.496 e. The van der Waals surface area contributed by atoms with Crippen LogP contribution in [0.4, 0.5) is 11.4 Å². The molecule has 0 saturated carbocycles. The highest BCUT2D eigenvalue weighted by Crippen LogP contribution is 2.46. The van der Waals surface area contributed by atoms with Gasteiger partial charge in [-0.25, -0.2) is 0 Å². The second-order valence-electron chi connectivity index (χ2n) is 7.66. The van der Waals surface area contributed by atoms with Gasteiger partial charge < -0.3 is 19.1 Å². The van der Waals surface area contributed by atoms with Gasteiger partial charge in [-0.1, -0.05) is 30.3 Å². The maximum Gasteiger partial charge on any atom is 0.153 e. The average Bonchev–Trinajstić information content (AvgIpc) is 2.72. The second kappa shape index (κ2) is 7.32. The third-order valence-corrected chi connectivity index (χ3v) is 5.33.